The maximum absolute atomic E-state index is 13.6. The summed E-state index contributed by atoms with van der Waals surface area (Å²) in [6.07, 6.45) is 2.37. The Morgan fingerprint density at radius 3 is 2.89 bits per heavy atom. The average molecular weight is 246 g/mol. The summed E-state index contributed by atoms with van der Waals surface area (Å²) < 4.78 is 15.0. The molecule has 2 aromatic rings. The zero-order valence-electron chi connectivity index (χ0n) is 9.60. The summed E-state index contributed by atoms with van der Waals surface area (Å²) in [6.45, 7) is 0.252. The lowest BCUT2D eigenvalue weighted by atomic mass is 9.80. The Balaban J connectivity index is 2.13. The molecule has 0 saturated heterocycles. The molecule has 1 N–H and O–H groups in total. The molecule has 1 fully saturated rings. The van der Waals surface area contributed by atoms with Gasteiger partial charge >= 0.3 is 0 Å². The SMILES string of the molecule is N#Cc1c(F)ccc2nnn(CC3(O)CCC3)c12. The third kappa shape index (κ3) is 1.56. The molecule has 1 heterocycles. The lowest BCUT2D eigenvalue weighted by Crippen LogP contribution is -2.41. The molecule has 1 aromatic heterocycles. The summed E-state index contributed by atoms with van der Waals surface area (Å²) in [5.74, 6) is -0.589. The predicted molar refractivity (Wildman–Crippen MR) is 61.0 cm³/mol. The molecular weight excluding hydrogens is 235 g/mol. The van der Waals surface area contributed by atoms with Gasteiger partial charge in [-0.3, -0.25) is 0 Å². The normalized spacial score (nSPS) is 17.4. The Kier molecular flexibility index (Phi) is 2.31. The van der Waals surface area contributed by atoms with Gasteiger partial charge in [-0.15, -0.1) is 5.10 Å². The maximum Gasteiger partial charge on any atom is 0.143 e. The van der Waals surface area contributed by atoms with Gasteiger partial charge in [0.15, 0.2) is 0 Å². The molecule has 0 bridgehead atoms. The molecule has 0 atom stereocenters. The number of halogens is 1. The van der Waals surface area contributed by atoms with E-state index in [1.165, 1.54) is 16.8 Å². The standard InChI is InChI=1S/C12H11FN4O/c13-9-2-3-10-11(8(9)6-14)17(16-15-10)7-12(18)4-1-5-12/h2-3,18H,1,4-5,7H2. The minimum absolute atomic E-state index is 0.0691. The van der Waals surface area contributed by atoms with Gasteiger partial charge in [0, 0.05) is 0 Å². The van der Waals surface area contributed by atoms with Crippen LogP contribution < -0.4 is 0 Å². The van der Waals surface area contributed by atoms with Crippen molar-refractivity contribution < 1.29 is 9.50 Å². The van der Waals surface area contributed by atoms with Crippen LogP contribution in [0.1, 0.15) is 24.8 Å². The van der Waals surface area contributed by atoms with E-state index < -0.39 is 11.4 Å². The summed E-state index contributed by atoms with van der Waals surface area (Å²) >= 11 is 0. The molecule has 18 heavy (non-hydrogen) atoms. The number of rotatable bonds is 2. The van der Waals surface area contributed by atoms with Gasteiger partial charge in [-0.2, -0.15) is 5.26 Å². The van der Waals surface area contributed by atoms with Gasteiger partial charge in [-0.25, -0.2) is 9.07 Å². The van der Waals surface area contributed by atoms with Crippen LogP contribution in [-0.4, -0.2) is 25.7 Å². The molecule has 0 radical (unpaired) electrons. The van der Waals surface area contributed by atoms with E-state index in [-0.39, 0.29) is 12.1 Å². The monoisotopic (exact) mass is 246 g/mol. The number of hydrogen-bond donors (Lipinski definition) is 1. The number of fused-ring (bicyclic) bond motifs is 1. The van der Waals surface area contributed by atoms with Crippen molar-refractivity contribution in [2.24, 2.45) is 0 Å². The Bertz CT molecular complexity index is 654. The molecule has 0 amide bonds. The first-order valence-corrected chi connectivity index (χ1v) is 5.77. The Hall–Kier alpha value is -2.00. The van der Waals surface area contributed by atoms with E-state index in [1.807, 2.05) is 6.07 Å². The highest BCUT2D eigenvalue weighted by Crippen LogP contribution is 2.33. The Morgan fingerprint density at radius 2 is 2.28 bits per heavy atom. The molecule has 0 spiro atoms. The molecule has 1 aromatic carbocycles. The largest absolute Gasteiger partial charge is 0.388 e. The fraction of sp³-hybridized carbons (Fsp3) is 0.417. The van der Waals surface area contributed by atoms with Crippen LogP contribution in [0.25, 0.3) is 11.0 Å². The fourth-order valence-corrected chi connectivity index (χ4v) is 2.28. The van der Waals surface area contributed by atoms with Gasteiger partial charge in [0.05, 0.1) is 12.1 Å². The first kappa shape index (κ1) is 11.1. The highest BCUT2D eigenvalue weighted by molar-refractivity contribution is 5.81. The minimum Gasteiger partial charge on any atom is -0.388 e. The molecule has 5 nitrogen and oxygen atoms in total. The second-order valence-corrected chi connectivity index (χ2v) is 4.73. The average Bonchev–Trinajstić information content (AvgIpc) is 2.71. The molecule has 0 aliphatic heterocycles. The number of nitriles is 1. The topological polar surface area (TPSA) is 74.7 Å². The van der Waals surface area contributed by atoms with E-state index in [0.29, 0.717) is 23.9 Å². The van der Waals surface area contributed by atoms with E-state index in [4.69, 9.17) is 5.26 Å². The van der Waals surface area contributed by atoms with Crippen molar-refractivity contribution in [3.63, 3.8) is 0 Å². The zero-order chi connectivity index (χ0) is 12.8. The quantitative estimate of drug-likeness (QED) is 0.868. The van der Waals surface area contributed by atoms with Crippen molar-refractivity contribution in [3.05, 3.63) is 23.5 Å². The van der Waals surface area contributed by atoms with Crippen LogP contribution in [-0.2, 0) is 6.54 Å². The van der Waals surface area contributed by atoms with E-state index in [2.05, 4.69) is 10.3 Å². The van der Waals surface area contributed by atoms with Gasteiger partial charge in [0.2, 0.25) is 0 Å². The van der Waals surface area contributed by atoms with Crippen LogP contribution in [0.3, 0.4) is 0 Å². The van der Waals surface area contributed by atoms with E-state index in [9.17, 15) is 9.50 Å². The second kappa shape index (κ2) is 3.75. The highest BCUT2D eigenvalue weighted by atomic mass is 19.1. The van der Waals surface area contributed by atoms with Crippen LogP contribution in [0, 0.1) is 17.1 Å². The van der Waals surface area contributed by atoms with Crippen LogP contribution >= 0.6 is 0 Å². The van der Waals surface area contributed by atoms with Crippen molar-refractivity contribution in [3.8, 4) is 6.07 Å². The molecule has 92 valence electrons. The minimum atomic E-state index is -0.792. The number of aromatic nitrogens is 3. The molecule has 1 aliphatic carbocycles. The molecule has 6 heteroatoms. The van der Waals surface area contributed by atoms with Crippen LogP contribution in [0.2, 0.25) is 0 Å². The van der Waals surface area contributed by atoms with Crippen molar-refractivity contribution in [2.45, 2.75) is 31.4 Å². The number of nitrogens with zero attached hydrogens (tertiary/aromatic N) is 4. The third-order valence-electron chi connectivity index (χ3n) is 3.46. The zero-order valence-corrected chi connectivity index (χ0v) is 9.60. The summed E-state index contributed by atoms with van der Waals surface area (Å²) in [7, 11) is 0. The fourth-order valence-electron chi connectivity index (χ4n) is 2.28. The smallest absolute Gasteiger partial charge is 0.143 e. The van der Waals surface area contributed by atoms with Gasteiger partial charge in [-0.1, -0.05) is 5.21 Å². The molecule has 1 aliphatic rings. The van der Waals surface area contributed by atoms with Gasteiger partial charge in [0.25, 0.3) is 0 Å². The summed E-state index contributed by atoms with van der Waals surface area (Å²) in [4.78, 5) is 0. The second-order valence-electron chi connectivity index (χ2n) is 4.73. The van der Waals surface area contributed by atoms with Crippen molar-refractivity contribution in [1.82, 2.24) is 15.0 Å². The molecule has 1 saturated carbocycles. The number of benzene rings is 1. The molecule has 0 unspecified atom stereocenters. The van der Waals surface area contributed by atoms with Gasteiger partial charge in [0.1, 0.15) is 28.5 Å². The van der Waals surface area contributed by atoms with Crippen LogP contribution in [0.4, 0.5) is 4.39 Å². The highest BCUT2D eigenvalue weighted by Gasteiger charge is 2.35. The maximum atomic E-state index is 13.6. The van der Waals surface area contributed by atoms with Crippen molar-refractivity contribution in [2.75, 3.05) is 0 Å². The number of aliphatic hydroxyl groups is 1. The predicted octanol–water partition coefficient (Wildman–Crippen LogP) is 1.36. The lowest BCUT2D eigenvalue weighted by molar-refractivity contribution is -0.0492. The van der Waals surface area contributed by atoms with Gasteiger partial charge in [-0.05, 0) is 31.4 Å². The van der Waals surface area contributed by atoms with E-state index in [1.54, 1.807) is 0 Å². The summed E-state index contributed by atoms with van der Waals surface area (Å²) in [5.41, 5.74) is -0.0335. The van der Waals surface area contributed by atoms with E-state index in [0.717, 1.165) is 6.42 Å². The first-order valence-electron chi connectivity index (χ1n) is 5.77. The summed E-state index contributed by atoms with van der Waals surface area (Å²) in [5, 5.41) is 26.9. The number of hydrogen-bond acceptors (Lipinski definition) is 4. The Labute approximate surface area is 102 Å². The van der Waals surface area contributed by atoms with Crippen LogP contribution in [0.15, 0.2) is 12.1 Å². The summed E-state index contributed by atoms with van der Waals surface area (Å²) in [6, 6.07) is 4.52. The van der Waals surface area contributed by atoms with Crippen molar-refractivity contribution >= 4 is 11.0 Å². The molecular formula is C12H11FN4O. The third-order valence-corrected chi connectivity index (χ3v) is 3.46. The lowest BCUT2D eigenvalue weighted by Gasteiger charge is -2.36. The van der Waals surface area contributed by atoms with Gasteiger partial charge < -0.3 is 5.11 Å². The van der Waals surface area contributed by atoms with E-state index >= 15 is 0 Å². The Morgan fingerprint density at radius 1 is 1.50 bits per heavy atom. The molecule has 3 rings (SSSR count). The van der Waals surface area contributed by atoms with Crippen molar-refractivity contribution in [1.29, 1.82) is 5.26 Å². The first-order chi connectivity index (χ1) is 8.63. The van der Waals surface area contributed by atoms with Crippen LogP contribution in [0.5, 0.6) is 0 Å².